The third-order valence-electron chi connectivity index (χ3n) is 3.85. The van der Waals surface area contributed by atoms with Crippen LogP contribution in [0.15, 0.2) is 30.3 Å². The van der Waals surface area contributed by atoms with Crippen molar-refractivity contribution in [3.8, 4) is 0 Å². The Morgan fingerprint density at radius 1 is 1.29 bits per heavy atom. The topological polar surface area (TPSA) is 49.4 Å². The predicted octanol–water partition coefficient (Wildman–Crippen LogP) is 3.02. The summed E-state index contributed by atoms with van der Waals surface area (Å²) in [6, 6.07) is 5.03. The lowest BCUT2D eigenvalue weighted by molar-refractivity contribution is -0.146. The van der Waals surface area contributed by atoms with Crippen molar-refractivity contribution in [1.29, 1.82) is 0 Å². The van der Waals surface area contributed by atoms with Crippen LogP contribution in [0, 0.1) is 0 Å². The lowest BCUT2D eigenvalue weighted by Gasteiger charge is -2.40. The maximum Gasteiger partial charge on any atom is 0.417 e. The van der Waals surface area contributed by atoms with E-state index < -0.39 is 29.1 Å². The molecule has 0 spiro atoms. The van der Waals surface area contributed by atoms with E-state index in [1.807, 2.05) is 0 Å². The van der Waals surface area contributed by atoms with Crippen LogP contribution in [-0.4, -0.2) is 41.5 Å². The lowest BCUT2D eigenvalue weighted by Crippen LogP contribution is -2.63. The zero-order chi connectivity index (χ0) is 18.1. The summed E-state index contributed by atoms with van der Waals surface area (Å²) in [5, 5.41) is 2.88. The number of halogens is 4. The smallest absolute Gasteiger partial charge is 0.352 e. The second kappa shape index (κ2) is 6.47. The first-order chi connectivity index (χ1) is 11.0. The fraction of sp³-hybridized carbons (Fsp3) is 0.375. The summed E-state index contributed by atoms with van der Waals surface area (Å²) < 4.78 is 40.1. The highest BCUT2D eigenvalue weighted by molar-refractivity contribution is 6.30. The first-order valence-corrected chi connectivity index (χ1v) is 7.56. The lowest BCUT2D eigenvalue weighted by atomic mass is 9.97. The Bertz CT molecular complexity index is 682. The molecule has 8 heteroatoms. The Hall–Kier alpha value is -2.02. The van der Waals surface area contributed by atoms with Gasteiger partial charge in [-0.3, -0.25) is 9.59 Å². The highest BCUT2D eigenvalue weighted by Gasteiger charge is 2.41. The van der Waals surface area contributed by atoms with Crippen LogP contribution in [0.1, 0.15) is 19.4 Å². The Morgan fingerprint density at radius 3 is 2.42 bits per heavy atom. The highest BCUT2D eigenvalue weighted by Crippen LogP contribution is 2.35. The SMILES string of the molecule is CC1(C)C(=O)NCCN1C(=O)C=C(c1ccc(Cl)cc1)C(F)(F)F. The van der Waals surface area contributed by atoms with E-state index in [-0.39, 0.29) is 18.7 Å². The summed E-state index contributed by atoms with van der Waals surface area (Å²) in [5.41, 5.74) is -2.46. The average molecular weight is 361 g/mol. The third kappa shape index (κ3) is 3.72. The van der Waals surface area contributed by atoms with Crippen LogP contribution >= 0.6 is 11.6 Å². The van der Waals surface area contributed by atoms with E-state index in [1.165, 1.54) is 38.1 Å². The fourth-order valence-electron chi connectivity index (χ4n) is 2.44. The maximum atomic E-state index is 13.4. The van der Waals surface area contributed by atoms with E-state index in [0.717, 1.165) is 4.90 Å². The summed E-state index contributed by atoms with van der Waals surface area (Å²) in [4.78, 5) is 25.4. The summed E-state index contributed by atoms with van der Waals surface area (Å²) >= 11 is 5.69. The second-order valence-corrected chi connectivity index (χ2v) is 6.30. The molecule has 1 aliphatic rings. The van der Waals surface area contributed by atoms with Gasteiger partial charge in [-0.2, -0.15) is 13.2 Å². The van der Waals surface area contributed by atoms with Crippen molar-refractivity contribution in [2.24, 2.45) is 0 Å². The first-order valence-electron chi connectivity index (χ1n) is 7.18. The molecule has 0 aromatic heterocycles. The Labute approximate surface area is 142 Å². The Morgan fingerprint density at radius 2 is 1.88 bits per heavy atom. The molecular weight excluding hydrogens is 345 g/mol. The molecule has 24 heavy (non-hydrogen) atoms. The molecular formula is C16H16ClF3N2O2. The van der Waals surface area contributed by atoms with Gasteiger partial charge >= 0.3 is 6.18 Å². The molecule has 1 heterocycles. The molecule has 4 nitrogen and oxygen atoms in total. The molecule has 130 valence electrons. The van der Waals surface area contributed by atoms with Crippen LogP contribution in [0.3, 0.4) is 0 Å². The maximum absolute atomic E-state index is 13.4. The molecule has 0 atom stereocenters. The molecule has 2 amide bonds. The summed E-state index contributed by atoms with van der Waals surface area (Å²) in [7, 11) is 0. The molecule has 2 rings (SSSR count). The van der Waals surface area contributed by atoms with Crippen molar-refractivity contribution in [2.75, 3.05) is 13.1 Å². The largest absolute Gasteiger partial charge is 0.417 e. The molecule has 1 saturated heterocycles. The van der Waals surface area contributed by atoms with Crippen LogP contribution in [-0.2, 0) is 9.59 Å². The van der Waals surface area contributed by atoms with Crippen molar-refractivity contribution in [1.82, 2.24) is 10.2 Å². The van der Waals surface area contributed by atoms with Gasteiger partial charge < -0.3 is 10.2 Å². The number of carbonyl (C=O) groups excluding carboxylic acids is 2. The number of rotatable bonds is 2. The minimum atomic E-state index is -4.72. The number of allylic oxidation sites excluding steroid dienone is 1. The molecule has 1 fully saturated rings. The highest BCUT2D eigenvalue weighted by atomic mass is 35.5. The van der Waals surface area contributed by atoms with Gasteiger partial charge in [0.2, 0.25) is 11.8 Å². The van der Waals surface area contributed by atoms with Gasteiger partial charge in [0.1, 0.15) is 5.54 Å². The summed E-state index contributed by atoms with van der Waals surface area (Å²) in [6.45, 7) is 3.32. The number of benzene rings is 1. The van der Waals surface area contributed by atoms with E-state index in [0.29, 0.717) is 11.1 Å². The van der Waals surface area contributed by atoms with Crippen LogP contribution in [0.2, 0.25) is 5.02 Å². The zero-order valence-corrected chi connectivity index (χ0v) is 13.8. The van der Waals surface area contributed by atoms with Crippen LogP contribution in [0.25, 0.3) is 5.57 Å². The molecule has 1 aromatic carbocycles. The monoisotopic (exact) mass is 360 g/mol. The van der Waals surface area contributed by atoms with Gasteiger partial charge in [-0.1, -0.05) is 23.7 Å². The molecule has 1 N–H and O–H groups in total. The van der Waals surface area contributed by atoms with Gasteiger partial charge in [0, 0.05) is 24.2 Å². The van der Waals surface area contributed by atoms with E-state index >= 15 is 0 Å². The second-order valence-electron chi connectivity index (χ2n) is 5.87. The van der Waals surface area contributed by atoms with Gasteiger partial charge in [-0.25, -0.2) is 0 Å². The number of piperazine rings is 1. The minimum Gasteiger partial charge on any atom is -0.352 e. The summed E-state index contributed by atoms with van der Waals surface area (Å²) in [5.74, 6) is -1.27. The standard InChI is InChI=1S/C16H16ClF3N2O2/c1-15(2)14(24)21-7-8-22(15)13(23)9-12(16(18,19)20)10-3-5-11(17)6-4-10/h3-6,9H,7-8H2,1-2H3,(H,21,24). The quantitative estimate of drug-likeness (QED) is 0.824. The number of nitrogens with zero attached hydrogens (tertiary/aromatic N) is 1. The van der Waals surface area contributed by atoms with Crippen molar-refractivity contribution >= 4 is 29.0 Å². The van der Waals surface area contributed by atoms with E-state index in [2.05, 4.69) is 5.32 Å². The number of amides is 2. The number of hydrogen-bond acceptors (Lipinski definition) is 2. The first kappa shape index (κ1) is 18.3. The van der Waals surface area contributed by atoms with Crippen LogP contribution < -0.4 is 5.32 Å². The van der Waals surface area contributed by atoms with Gasteiger partial charge in [0.15, 0.2) is 0 Å². The molecule has 0 radical (unpaired) electrons. The number of hydrogen-bond donors (Lipinski definition) is 1. The van der Waals surface area contributed by atoms with Gasteiger partial charge in [-0.05, 0) is 31.5 Å². The minimum absolute atomic E-state index is 0.139. The molecule has 0 bridgehead atoms. The van der Waals surface area contributed by atoms with E-state index in [1.54, 1.807) is 0 Å². The average Bonchev–Trinajstić information content (AvgIpc) is 2.47. The van der Waals surface area contributed by atoms with Gasteiger partial charge in [0.25, 0.3) is 0 Å². The van der Waals surface area contributed by atoms with Crippen LogP contribution in [0.5, 0.6) is 0 Å². The zero-order valence-electron chi connectivity index (χ0n) is 13.1. The fourth-order valence-corrected chi connectivity index (χ4v) is 2.57. The molecule has 1 aromatic rings. The van der Waals surface area contributed by atoms with Gasteiger partial charge in [0.05, 0.1) is 5.57 Å². The predicted molar refractivity (Wildman–Crippen MR) is 84.3 cm³/mol. The molecule has 1 aliphatic heterocycles. The summed E-state index contributed by atoms with van der Waals surface area (Å²) in [6.07, 6.45) is -4.19. The molecule has 0 saturated carbocycles. The number of carbonyl (C=O) groups is 2. The third-order valence-corrected chi connectivity index (χ3v) is 4.10. The van der Waals surface area contributed by atoms with Crippen molar-refractivity contribution in [3.05, 3.63) is 40.9 Å². The van der Waals surface area contributed by atoms with Crippen molar-refractivity contribution < 1.29 is 22.8 Å². The molecule has 0 unspecified atom stereocenters. The number of nitrogens with one attached hydrogen (secondary N) is 1. The Kier molecular flexibility index (Phi) is 4.94. The normalized spacial score (nSPS) is 18.3. The van der Waals surface area contributed by atoms with Crippen LogP contribution in [0.4, 0.5) is 13.2 Å². The Balaban J connectivity index is 2.41. The molecule has 0 aliphatic carbocycles. The van der Waals surface area contributed by atoms with E-state index in [9.17, 15) is 22.8 Å². The van der Waals surface area contributed by atoms with Crippen molar-refractivity contribution in [2.45, 2.75) is 25.6 Å². The van der Waals surface area contributed by atoms with Crippen molar-refractivity contribution in [3.63, 3.8) is 0 Å². The van der Waals surface area contributed by atoms with E-state index in [4.69, 9.17) is 11.6 Å². The van der Waals surface area contributed by atoms with Gasteiger partial charge in [-0.15, -0.1) is 0 Å². The number of alkyl halides is 3.